The topological polar surface area (TPSA) is 88.4 Å². The van der Waals surface area contributed by atoms with Crippen LogP contribution in [0.3, 0.4) is 0 Å². The summed E-state index contributed by atoms with van der Waals surface area (Å²) in [5.41, 5.74) is 0.739. The number of hydrogen-bond donors (Lipinski definition) is 1. The average Bonchev–Trinajstić information content (AvgIpc) is 2.67. The van der Waals surface area contributed by atoms with Crippen LogP contribution in [0.5, 0.6) is 5.75 Å². The van der Waals surface area contributed by atoms with Crippen molar-refractivity contribution in [3.8, 4) is 11.8 Å². The number of amides is 1. The molecule has 1 aromatic carbocycles. The van der Waals surface area contributed by atoms with Gasteiger partial charge in [0.2, 0.25) is 0 Å². The number of halogens is 1. The molecule has 0 spiro atoms. The summed E-state index contributed by atoms with van der Waals surface area (Å²) in [6.45, 7) is 3.97. The molecule has 0 saturated heterocycles. The zero-order chi connectivity index (χ0) is 20.5. The molecule has 6 nitrogen and oxygen atoms in total. The van der Waals surface area contributed by atoms with E-state index in [-0.39, 0.29) is 24.1 Å². The van der Waals surface area contributed by atoms with Crippen molar-refractivity contribution in [3.63, 3.8) is 0 Å². The summed E-state index contributed by atoms with van der Waals surface area (Å²) < 4.78 is 10.8. The number of nitrogens with one attached hydrogen (secondary N) is 1. The Balaban J connectivity index is 2.05. The summed E-state index contributed by atoms with van der Waals surface area (Å²) in [7, 11) is 0. The Hall–Kier alpha value is -2.33. The molecule has 7 heteroatoms. The zero-order valence-electron chi connectivity index (χ0n) is 16.2. The van der Waals surface area contributed by atoms with Crippen molar-refractivity contribution in [1.82, 2.24) is 5.32 Å². The third kappa shape index (κ3) is 6.38. The summed E-state index contributed by atoms with van der Waals surface area (Å²) in [5.74, 6) is 0.102. The Labute approximate surface area is 174 Å². The molecule has 28 heavy (non-hydrogen) atoms. The highest BCUT2D eigenvalue weighted by atomic mass is 79.9. The fourth-order valence-corrected chi connectivity index (χ4v) is 3.67. The second-order valence-electron chi connectivity index (χ2n) is 6.80. The molecule has 1 N–H and O–H groups in total. The summed E-state index contributed by atoms with van der Waals surface area (Å²) in [4.78, 5) is 23.9. The number of ether oxygens (including phenoxy) is 2. The average molecular weight is 449 g/mol. The summed E-state index contributed by atoms with van der Waals surface area (Å²) in [6, 6.07) is 7.22. The lowest BCUT2D eigenvalue weighted by Gasteiger charge is -2.29. The van der Waals surface area contributed by atoms with E-state index in [2.05, 4.69) is 28.2 Å². The number of esters is 1. The van der Waals surface area contributed by atoms with Gasteiger partial charge in [-0.1, -0.05) is 25.8 Å². The van der Waals surface area contributed by atoms with Crippen LogP contribution in [0, 0.1) is 17.2 Å². The number of benzene rings is 1. The second-order valence-corrected chi connectivity index (χ2v) is 7.65. The minimum absolute atomic E-state index is 0.0601. The van der Waals surface area contributed by atoms with E-state index >= 15 is 0 Å². The smallest absolute Gasteiger partial charge is 0.344 e. The fourth-order valence-electron chi connectivity index (χ4n) is 3.16. The van der Waals surface area contributed by atoms with Crippen molar-refractivity contribution in [2.45, 2.75) is 45.6 Å². The van der Waals surface area contributed by atoms with Gasteiger partial charge in [-0.05, 0) is 65.4 Å². The Bertz CT molecular complexity index is 785. The Kier molecular flexibility index (Phi) is 8.52. The lowest BCUT2D eigenvalue weighted by atomic mass is 9.86. The molecular formula is C21H25BrN2O4. The predicted octanol–water partition coefficient (Wildman–Crippen LogP) is 3.99. The first-order valence-electron chi connectivity index (χ1n) is 9.45. The molecule has 0 aromatic heterocycles. The highest BCUT2D eigenvalue weighted by Gasteiger charge is 2.24. The first-order valence-corrected chi connectivity index (χ1v) is 10.2. The molecular weight excluding hydrogens is 424 g/mol. The van der Waals surface area contributed by atoms with Crippen molar-refractivity contribution in [2.75, 3.05) is 13.2 Å². The summed E-state index contributed by atoms with van der Waals surface area (Å²) in [5, 5.41) is 12.4. The second kappa shape index (κ2) is 10.9. The third-order valence-electron chi connectivity index (χ3n) is 4.71. The van der Waals surface area contributed by atoms with Gasteiger partial charge in [0.1, 0.15) is 17.4 Å². The highest BCUT2D eigenvalue weighted by Crippen LogP contribution is 2.27. The van der Waals surface area contributed by atoms with E-state index in [0.717, 1.165) is 19.3 Å². The van der Waals surface area contributed by atoms with E-state index in [1.807, 2.05) is 6.07 Å². The number of nitriles is 1. The minimum Gasteiger partial charge on any atom is -0.481 e. The molecule has 0 radical (unpaired) electrons. The number of hydrogen-bond acceptors (Lipinski definition) is 5. The normalized spacial score (nSPS) is 19.4. The molecule has 0 bridgehead atoms. The van der Waals surface area contributed by atoms with Crippen LogP contribution in [0.25, 0.3) is 6.08 Å². The largest absolute Gasteiger partial charge is 0.481 e. The summed E-state index contributed by atoms with van der Waals surface area (Å²) >= 11 is 3.38. The lowest BCUT2D eigenvalue weighted by molar-refractivity contribution is -0.145. The maximum atomic E-state index is 12.5. The maximum absolute atomic E-state index is 12.5. The van der Waals surface area contributed by atoms with E-state index in [1.165, 1.54) is 6.42 Å². The van der Waals surface area contributed by atoms with Gasteiger partial charge in [0.15, 0.2) is 6.61 Å². The van der Waals surface area contributed by atoms with Crippen LogP contribution >= 0.6 is 15.9 Å². The monoisotopic (exact) mass is 448 g/mol. The van der Waals surface area contributed by atoms with Crippen LogP contribution in [0.2, 0.25) is 0 Å². The van der Waals surface area contributed by atoms with Crippen molar-refractivity contribution >= 4 is 33.9 Å². The SMILES string of the molecule is CCOC(=O)COc1ccc(/C=C(\C#N)C(=O)N[C@H]2CCCC[C@@H]2C)cc1Br. The molecule has 0 heterocycles. The molecule has 0 aliphatic heterocycles. The molecule has 1 aliphatic rings. The van der Waals surface area contributed by atoms with Gasteiger partial charge in [0.25, 0.3) is 5.91 Å². The molecule has 150 valence electrons. The lowest BCUT2D eigenvalue weighted by Crippen LogP contribution is -2.41. The van der Waals surface area contributed by atoms with Gasteiger partial charge in [-0.2, -0.15) is 5.26 Å². The van der Waals surface area contributed by atoms with Gasteiger partial charge in [0, 0.05) is 6.04 Å². The Morgan fingerprint density at radius 3 is 2.75 bits per heavy atom. The third-order valence-corrected chi connectivity index (χ3v) is 5.33. The van der Waals surface area contributed by atoms with Crippen LogP contribution in [-0.4, -0.2) is 31.1 Å². The van der Waals surface area contributed by atoms with Gasteiger partial charge in [-0.15, -0.1) is 0 Å². The van der Waals surface area contributed by atoms with Crippen LogP contribution in [-0.2, 0) is 14.3 Å². The number of rotatable bonds is 7. The van der Waals surface area contributed by atoms with Crippen LogP contribution in [0.15, 0.2) is 28.2 Å². The molecule has 1 aromatic rings. The number of carbonyl (C=O) groups excluding carboxylic acids is 2. The van der Waals surface area contributed by atoms with E-state index in [1.54, 1.807) is 31.2 Å². The Morgan fingerprint density at radius 1 is 1.36 bits per heavy atom. The number of nitrogens with zero attached hydrogens (tertiary/aromatic N) is 1. The minimum atomic E-state index is -0.446. The highest BCUT2D eigenvalue weighted by molar-refractivity contribution is 9.10. The van der Waals surface area contributed by atoms with E-state index in [0.29, 0.717) is 28.3 Å². The molecule has 1 aliphatic carbocycles. The van der Waals surface area contributed by atoms with E-state index in [4.69, 9.17) is 9.47 Å². The van der Waals surface area contributed by atoms with E-state index in [9.17, 15) is 14.9 Å². The maximum Gasteiger partial charge on any atom is 0.344 e. The quantitative estimate of drug-likeness (QED) is 0.386. The van der Waals surface area contributed by atoms with Crippen LogP contribution < -0.4 is 10.1 Å². The molecule has 2 rings (SSSR count). The zero-order valence-corrected chi connectivity index (χ0v) is 17.8. The van der Waals surface area contributed by atoms with Gasteiger partial charge >= 0.3 is 5.97 Å². The fraction of sp³-hybridized carbons (Fsp3) is 0.476. The molecule has 1 amide bonds. The number of carbonyl (C=O) groups is 2. The molecule has 1 fully saturated rings. The van der Waals surface area contributed by atoms with Gasteiger partial charge in [-0.3, -0.25) is 4.79 Å². The van der Waals surface area contributed by atoms with Crippen molar-refractivity contribution < 1.29 is 19.1 Å². The van der Waals surface area contributed by atoms with Gasteiger partial charge in [-0.25, -0.2) is 4.79 Å². The molecule has 1 saturated carbocycles. The first-order chi connectivity index (χ1) is 13.4. The Morgan fingerprint density at radius 2 is 2.11 bits per heavy atom. The van der Waals surface area contributed by atoms with Crippen LogP contribution in [0.1, 0.15) is 45.1 Å². The van der Waals surface area contributed by atoms with Crippen molar-refractivity contribution in [3.05, 3.63) is 33.8 Å². The molecule has 2 atom stereocenters. The van der Waals surface area contributed by atoms with Crippen molar-refractivity contribution in [2.24, 2.45) is 5.92 Å². The standard InChI is InChI=1S/C21H25BrN2O4/c1-3-27-20(25)13-28-19-9-8-15(11-17(19)22)10-16(12-23)21(26)24-18-7-5-4-6-14(18)2/h8-11,14,18H,3-7,13H2,1-2H3,(H,24,26)/b16-10+/t14-,18-/m0/s1. The van der Waals surface area contributed by atoms with Gasteiger partial charge < -0.3 is 14.8 Å². The van der Waals surface area contributed by atoms with Gasteiger partial charge in [0.05, 0.1) is 11.1 Å². The van der Waals surface area contributed by atoms with Crippen molar-refractivity contribution in [1.29, 1.82) is 5.26 Å². The van der Waals surface area contributed by atoms with E-state index < -0.39 is 5.97 Å². The summed E-state index contributed by atoms with van der Waals surface area (Å²) in [6.07, 6.45) is 5.87. The van der Waals surface area contributed by atoms with Crippen LogP contribution in [0.4, 0.5) is 0 Å². The molecule has 0 unspecified atom stereocenters. The first kappa shape index (κ1) is 22.0. The predicted molar refractivity (Wildman–Crippen MR) is 109 cm³/mol.